The van der Waals surface area contributed by atoms with Crippen molar-refractivity contribution in [3.63, 3.8) is 0 Å². The van der Waals surface area contributed by atoms with Crippen LogP contribution < -0.4 is 15.2 Å². The first-order chi connectivity index (χ1) is 9.58. The van der Waals surface area contributed by atoms with Gasteiger partial charge in [0.05, 0.1) is 14.2 Å². The van der Waals surface area contributed by atoms with Crippen molar-refractivity contribution in [3.8, 4) is 11.5 Å². The van der Waals surface area contributed by atoms with Gasteiger partial charge in [-0.3, -0.25) is 4.98 Å². The second-order valence-electron chi connectivity index (χ2n) is 4.14. The van der Waals surface area contributed by atoms with Gasteiger partial charge in [0.25, 0.3) is 0 Å². The highest BCUT2D eigenvalue weighted by molar-refractivity contribution is 9.10. The van der Waals surface area contributed by atoms with E-state index in [4.69, 9.17) is 15.2 Å². The fourth-order valence-electron chi connectivity index (χ4n) is 1.89. The van der Waals surface area contributed by atoms with Crippen molar-refractivity contribution in [2.75, 3.05) is 20.0 Å². The van der Waals surface area contributed by atoms with E-state index in [0.717, 1.165) is 0 Å². The maximum absolute atomic E-state index is 10.5. The average molecular weight is 339 g/mol. The summed E-state index contributed by atoms with van der Waals surface area (Å²) in [6.45, 7) is 0. The van der Waals surface area contributed by atoms with Crippen LogP contribution >= 0.6 is 15.9 Å². The van der Waals surface area contributed by atoms with Gasteiger partial charge in [0.1, 0.15) is 6.10 Å². The summed E-state index contributed by atoms with van der Waals surface area (Å²) in [7, 11) is 3.10. The number of ether oxygens (including phenoxy) is 2. The molecule has 1 unspecified atom stereocenters. The molecule has 2 aromatic rings. The predicted octanol–water partition coefficient (Wildman–Crippen LogP) is 2.53. The fraction of sp³-hybridized carbons (Fsp3) is 0.214. The number of hydrogen-bond donors (Lipinski definition) is 2. The molecule has 0 spiro atoms. The molecular formula is C14H15BrN2O3. The van der Waals surface area contributed by atoms with E-state index in [1.807, 2.05) is 0 Å². The Morgan fingerprint density at radius 2 is 1.85 bits per heavy atom. The molecule has 0 fully saturated rings. The van der Waals surface area contributed by atoms with Crippen LogP contribution in [0.15, 0.2) is 35.1 Å². The molecule has 1 heterocycles. The quantitative estimate of drug-likeness (QED) is 0.895. The lowest BCUT2D eigenvalue weighted by Crippen LogP contribution is -2.06. The zero-order valence-corrected chi connectivity index (χ0v) is 12.7. The van der Waals surface area contributed by atoms with Gasteiger partial charge in [0, 0.05) is 33.7 Å². The molecule has 6 heteroatoms. The number of pyridine rings is 1. The summed E-state index contributed by atoms with van der Waals surface area (Å²) in [5, 5.41) is 10.5. The lowest BCUT2D eigenvalue weighted by molar-refractivity contribution is 0.219. The Morgan fingerprint density at radius 1 is 1.20 bits per heavy atom. The van der Waals surface area contributed by atoms with E-state index in [0.29, 0.717) is 32.8 Å². The molecule has 5 nitrogen and oxygen atoms in total. The van der Waals surface area contributed by atoms with E-state index >= 15 is 0 Å². The number of halogens is 1. The third-order valence-corrected chi connectivity index (χ3v) is 3.67. The summed E-state index contributed by atoms with van der Waals surface area (Å²) < 4.78 is 11.2. The molecule has 20 heavy (non-hydrogen) atoms. The number of aliphatic hydroxyl groups excluding tert-OH is 1. The van der Waals surface area contributed by atoms with Gasteiger partial charge in [-0.15, -0.1) is 0 Å². The molecular weight excluding hydrogens is 324 g/mol. The molecule has 1 aromatic heterocycles. The van der Waals surface area contributed by atoms with Crippen molar-refractivity contribution < 1.29 is 14.6 Å². The van der Waals surface area contributed by atoms with Crippen molar-refractivity contribution in [3.05, 3.63) is 46.2 Å². The highest BCUT2D eigenvalue weighted by atomic mass is 79.9. The highest BCUT2D eigenvalue weighted by Crippen LogP contribution is 2.38. The molecule has 3 N–H and O–H groups in total. The number of rotatable bonds is 4. The molecule has 2 rings (SSSR count). The van der Waals surface area contributed by atoms with Gasteiger partial charge < -0.3 is 20.3 Å². The number of methoxy groups -OCH3 is 2. The summed E-state index contributed by atoms with van der Waals surface area (Å²) in [6, 6.07) is 5.09. The SMILES string of the molecule is COc1cc(Br)c(C(O)c2cnccc2N)cc1OC. The molecule has 1 aromatic carbocycles. The Bertz CT molecular complexity index is 619. The van der Waals surface area contributed by atoms with Gasteiger partial charge >= 0.3 is 0 Å². The minimum atomic E-state index is -0.905. The Kier molecular flexibility index (Phi) is 4.46. The number of nitrogens with zero attached hydrogens (tertiary/aromatic N) is 1. The van der Waals surface area contributed by atoms with Crippen LogP contribution in [-0.4, -0.2) is 24.3 Å². The number of nitrogen functional groups attached to an aromatic ring is 1. The summed E-state index contributed by atoms with van der Waals surface area (Å²) in [5.74, 6) is 1.11. The van der Waals surface area contributed by atoms with Crippen molar-refractivity contribution in [2.45, 2.75) is 6.10 Å². The van der Waals surface area contributed by atoms with Gasteiger partial charge in [-0.1, -0.05) is 15.9 Å². The van der Waals surface area contributed by atoms with Crippen LogP contribution in [0.2, 0.25) is 0 Å². The van der Waals surface area contributed by atoms with Crippen LogP contribution in [-0.2, 0) is 0 Å². The van der Waals surface area contributed by atoms with E-state index in [9.17, 15) is 5.11 Å². The van der Waals surface area contributed by atoms with E-state index in [1.54, 1.807) is 44.8 Å². The Hall–Kier alpha value is -1.79. The molecule has 0 aliphatic carbocycles. The largest absolute Gasteiger partial charge is 0.493 e. The van der Waals surface area contributed by atoms with Crippen molar-refractivity contribution in [2.24, 2.45) is 0 Å². The molecule has 0 amide bonds. The maximum atomic E-state index is 10.5. The van der Waals surface area contributed by atoms with Crippen molar-refractivity contribution in [1.82, 2.24) is 4.98 Å². The molecule has 106 valence electrons. The summed E-state index contributed by atoms with van der Waals surface area (Å²) in [5.41, 5.74) is 7.51. The standard InChI is InChI=1S/C14H15BrN2O3/c1-19-12-5-8(10(15)6-13(12)20-2)14(18)9-7-17-4-3-11(9)16/h3-7,14,18H,1-2H3,(H2,16,17). The van der Waals surface area contributed by atoms with Gasteiger partial charge in [-0.05, 0) is 18.2 Å². The zero-order valence-electron chi connectivity index (χ0n) is 11.1. The molecule has 0 radical (unpaired) electrons. The van der Waals surface area contributed by atoms with Gasteiger partial charge in [-0.2, -0.15) is 0 Å². The van der Waals surface area contributed by atoms with Crippen LogP contribution in [0.5, 0.6) is 11.5 Å². The first-order valence-corrected chi connectivity index (χ1v) is 6.66. The monoisotopic (exact) mass is 338 g/mol. The molecule has 0 aliphatic rings. The average Bonchev–Trinajstić information content (AvgIpc) is 2.46. The Morgan fingerprint density at radius 3 is 2.45 bits per heavy atom. The Balaban J connectivity index is 2.50. The van der Waals surface area contributed by atoms with Crippen LogP contribution in [0.4, 0.5) is 5.69 Å². The lowest BCUT2D eigenvalue weighted by Gasteiger charge is -2.17. The summed E-state index contributed by atoms with van der Waals surface area (Å²) in [4.78, 5) is 3.99. The van der Waals surface area contributed by atoms with Crippen LogP contribution in [0.1, 0.15) is 17.2 Å². The van der Waals surface area contributed by atoms with Gasteiger partial charge in [-0.25, -0.2) is 0 Å². The van der Waals surface area contributed by atoms with Crippen LogP contribution in [0, 0.1) is 0 Å². The second kappa shape index (κ2) is 6.11. The minimum absolute atomic E-state index is 0.481. The topological polar surface area (TPSA) is 77.6 Å². The first-order valence-electron chi connectivity index (χ1n) is 5.87. The number of hydrogen-bond acceptors (Lipinski definition) is 5. The Labute approximate surface area is 125 Å². The highest BCUT2D eigenvalue weighted by Gasteiger charge is 2.19. The molecule has 0 aliphatic heterocycles. The van der Waals surface area contributed by atoms with Crippen molar-refractivity contribution >= 4 is 21.6 Å². The molecule has 1 atom stereocenters. The van der Waals surface area contributed by atoms with Crippen LogP contribution in [0.3, 0.4) is 0 Å². The summed E-state index contributed by atoms with van der Waals surface area (Å²) in [6.07, 6.45) is 2.22. The van der Waals surface area contributed by atoms with Crippen LogP contribution in [0.25, 0.3) is 0 Å². The number of anilines is 1. The fourth-order valence-corrected chi connectivity index (χ4v) is 2.43. The lowest BCUT2D eigenvalue weighted by atomic mass is 10.0. The molecule has 0 bridgehead atoms. The van der Waals surface area contributed by atoms with Gasteiger partial charge in [0.2, 0.25) is 0 Å². The maximum Gasteiger partial charge on any atom is 0.161 e. The predicted molar refractivity (Wildman–Crippen MR) is 80.0 cm³/mol. The number of aliphatic hydroxyl groups is 1. The molecule has 0 saturated carbocycles. The van der Waals surface area contributed by atoms with Gasteiger partial charge in [0.15, 0.2) is 11.5 Å². The van der Waals surface area contributed by atoms with Crippen molar-refractivity contribution in [1.29, 1.82) is 0 Å². The third kappa shape index (κ3) is 2.71. The minimum Gasteiger partial charge on any atom is -0.493 e. The van der Waals surface area contributed by atoms with E-state index < -0.39 is 6.10 Å². The second-order valence-corrected chi connectivity index (χ2v) is 4.99. The summed E-state index contributed by atoms with van der Waals surface area (Å²) >= 11 is 3.42. The first kappa shape index (κ1) is 14.6. The third-order valence-electron chi connectivity index (χ3n) is 2.98. The number of nitrogens with two attached hydrogens (primary N) is 1. The molecule has 0 saturated heterocycles. The van der Waals surface area contributed by atoms with E-state index in [-0.39, 0.29) is 0 Å². The van der Waals surface area contributed by atoms with E-state index in [1.165, 1.54) is 0 Å². The normalized spacial score (nSPS) is 12.0. The van der Waals surface area contributed by atoms with E-state index in [2.05, 4.69) is 20.9 Å². The number of aromatic nitrogens is 1. The number of benzene rings is 1. The smallest absolute Gasteiger partial charge is 0.161 e. The zero-order chi connectivity index (χ0) is 14.7.